The van der Waals surface area contributed by atoms with Gasteiger partial charge in [0.1, 0.15) is 0 Å². The van der Waals surface area contributed by atoms with E-state index in [9.17, 15) is 8.42 Å². The van der Waals surface area contributed by atoms with Crippen LogP contribution < -0.4 is 5.32 Å². The molecule has 1 aromatic carbocycles. The van der Waals surface area contributed by atoms with Gasteiger partial charge < -0.3 is 5.32 Å². The first kappa shape index (κ1) is 16.2. The third-order valence-corrected chi connectivity index (χ3v) is 6.15. The number of hydrogen-bond donors (Lipinski definition) is 1. The molecule has 2 heterocycles. The first-order chi connectivity index (χ1) is 11.0. The van der Waals surface area contributed by atoms with Gasteiger partial charge in [0.15, 0.2) is 9.84 Å². The molecular weight excluding hydrogens is 356 g/mol. The quantitative estimate of drug-likeness (QED) is 0.721. The van der Waals surface area contributed by atoms with Gasteiger partial charge in [-0.1, -0.05) is 42.0 Å². The average Bonchev–Trinajstić information content (AvgIpc) is 3.06. The fourth-order valence-corrected chi connectivity index (χ4v) is 3.62. The van der Waals surface area contributed by atoms with Crippen molar-refractivity contribution in [3.63, 3.8) is 0 Å². The van der Waals surface area contributed by atoms with Gasteiger partial charge in [0.05, 0.1) is 17.6 Å². The predicted molar refractivity (Wildman–Crippen MR) is 94.1 cm³/mol. The second kappa shape index (κ2) is 6.46. The zero-order chi connectivity index (χ0) is 16.4. The van der Waals surface area contributed by atoms with Crippen molar-refractivity contribution in [2.24, 2.45) is 0 Å². The molecule has 0 saturated carbocycles. The van der Waals surface area contributed by atoms with Crippen LogP contribution in [-0.4, -0.2) is 41.1 Å². The van der Waals surface area contributed by atoms with Gasteiger partial charge >= 0.3 is 0 Å². The molecule has 9 heteroatoms. The van der Waals surface area contributed by atoms with Crippen molar-refractivity contribution in [3.05, 3.63) is 35.5 Å². The molecule has 0 bridgehead atoms. The van der Waals surface area contributed by atoms with Gasteiger partial charge in [-0.05, 0) is 12.1 Å². The second-order valence-electron chi connectivity index (χ2n) is 4.93. The molecule has 23 heavy (non-hydrogen) atoms. The molecule has 6 nitrogen and oxygen atoms in total. The highest BCUT2D eigenvalue weighted by Crippen LogP contribution is 2.25. The fourth-order valence-electron chi connectivity index (χ4n) is 1.99. The zero-order valence-electron chi connectivity index (χ0n) is 12.4. The highest BCUT2D eigenvalue weighted by atomic mass is 35.5. The minimum atomic E-state index is -2.97. The van der Waals surface area contributed by atoms with Gasteiger partial charge in [-0.3, -0.25) is 0 Å². The number of halogens is 1. The van der Waals surface area contributed by atoms with Crippen LogP contribution in [0.1, 0.15) is 6.92 Å². The third kappa shape index (κ3) is 3.82. The maximum atomic E-state index is 11.5. The summed E-state index contributed by atoms with van der Waals surface area (Å²) in [6, 6.07) is 7.45. The number of anilines is 1. The minimum Gasteiger partial charge on any atom is -0.359 e. The number of nitrogens with zero attached hydrogens (tertiary/aromatic N) is 3. The Morgan fingerprint density at radius 1 is 1.30 bits per heavy atom. The van der Waals surface area contributed by atoms with Crippen LogP contribution in [-0.2, 0) is 9.84 Å². The lowest BCUT2D eigenvalue weighted by atomic mass is 10.2. The van der Waals surface area contributed by atoms with E-state index in [4.69, 9.17) is 11.6 Å². The Labute approximate surface area is 143 Å². The molecule has 3 rings (SSSR count). The Hall–Kier alpha value is -1.64. The molecule has 0 fully saturated rings. The number of sulfone groups is 1. The predicted octanol–water partition coefficient (Wildman–Crippen LogP) is 2.96. The van der Waals surface area contributed by atoms with Gasteiger partial charge in [-0.2, -0.15) is 0 Å². The number of rotatable bonds is 6. The summed E-state index contributed by atoms with van der Waals surface area (Å²) in [7, 11) is -2.97. The standard InChI is InChI=1S/C14H15ClN4O2S2/c1-2-23(20,21)8-7-16-13-18-19-9-12(17-14(19)22-13)10-3-5-11(15)6-4-10/h3-6,9H,2,7-8H2,1H3,(H,16,18). The summed E-state index contributed by atoms with van der Waals surface area (Å²) in [5, 5.41) is 8.73. The maximum absolute atomic E-state index is 11.5. The first-order valence-corrected chi connectivity index (χ1v) is 10.0. The minimum absolute atomic E-state index is 0.0986. The molecule has 0 aliphatic heterocycles. The van der Waals surface area contributed by atoms with Crippen LogP contribution in [0.4, 0.5) is 5.13 Å². The summed E-state index contributed by atoms with van der Waals surface area (Å²) in [5.74, 6) is 0.252. The summed E-state index contributed by atoms with van der Waals surface area (Å²) < 4.78 is 24.6. The van der Waals surface area contributed by atoms with Crippen LogP contribution in [0.2, 0.25) is 5.02 Å². The molecule has 0 unspecified atom stereocenters. The fraction of sp³-hybridized carbons (Fsp3) is 0.286. The van der Waals surface area contributed by atoms with E-state index in [0.717, 1.165) is 16.2 Å². The second-order valence-corrected chi connectivity index (χ2v) is 8.80. The number of hydrogen-bond acceptors (Lipinski definition) is 6. The van der Waals surface area contributed by atoms with Gasteiger partial charge in [-0.15, -0.1) is 5.10 Å². The Morgan fingerprint density at radius 3 is 2.70 bits per heavy atom. The van der Waals surface area contributed by atoms with Gasteiger partial charge in [-0.25, -0.2) is 17.9 Å². The van der Waals surface area contributed by atoms with Gasteiger partial charge in [0.25, 0.3) is 0 Å². The number of aromatic nitrogens is 3. The van der Waals surface area contributed by atoms with E-state index >= 15 is 0 Å². The van der Waals surface area contributed by atoms with Gasteiger partial charge in [0.2, 0.25) is 10.1 Å². The monoisotopic (exact) mass is 370 g/mol. The molecule has 1 N–H and O–H groups in total. The third-order valence-electron chi connectivity index (χ3n) is 3.31. The molecule has 0 amide bonds. The van der Waals surface area contributed by atoms with Crippen LogP contribution in [0.3, 0.4) is 0 Å². The van der Waals surface area contributed by atoms with Crippen LogP contribution in [0.5, 0.6) is 0 Å². The lowest BCUT2D eigenvalue weighted by Crippen LogP contribution is -2.17. The summed E-state index contributed by atoms with van der Waals surface area (Å²) >= 11 is 7.26. The van der Waals surface area contributed by atoms with Crippen molar-refractivity contribution in [2.75, 3.05) is 23.4 Å². The largest absolute Gasteiger partial charge is 0.359 e. The Morgan fingerprint density at radius 2 is 2.04 bits per heavy atom. The maximum Gasteiger partial charge on any atom is 0.214 e. The Kier molecular flexibility index (Phi) is 4.56. The van der Waals surface area contributed by atoms with Gasteiger partial charge in [0, 0.05) is 22.9 Å². The van der Waals surface area contributed by atoms with Crippen molar-refractivity contribution >= 4 is 42.9 Å². The number of nitrogens with one attached hydrogen (secondary N) is 1. The summed E-state index contributed by atoms with van der Waals surface area (Å²) in [6.45, 7) is 1.99. The Balaban J connectivity index is 1.72. The van der Waals surface area contributed by atoms with Crippen LogP contribution in [0.25, 0.3) is 16.2 Å². The molecule has 0 saturated heterocycles. The summed E-state index contributed by atoms with van der Waals surface area (Å²) in [5.41, 5.74) is 1.79. The number of benzene rings is 1. The van der Waals surface area contributed by atoms with E-state index in [1.54, 1.807) is 11.4 Å². The van der Waals surface area contributed by atoms with Crippen molar-refractivity contribution in [1.82, 2.24) is 14.6 Å². The molecule has 2 aromatic heterocycles. The van der Waals surface area contributed by atoms with E-state index in [2.05, 4.69) is 15.4 Å². The molecule has 122 valence electrons. The van der Waals surface area contributed by atoms with E-state index in [0.29, 0.717) is 16.7 Å². The molecule has 0 atom stereocenters. The van der Waals surface area contributed by atoms with Crippen molar-refractivity contribution in [1.29, 1.82) is 0 Å². The molecule has 0 spiro atoms. The molecule has 0 aliphatic rings. The molecule has 0 radical (unpaired) electrons. The summed E-state index contributed by atoms with van der Waals surface area (Å²) in [6.07, 6.45) is 1.84. The highest BCUT2D eigenvalue weighted by molar-refractivity contribution is 7.91. The van der Waals surface area contributed by atoms with Crippen LogP contribution in [0, 0.1) is 0 Å². The SMILES string of the molecule is CCS(=O)(=O)CCNc1nn2cc(-c3ccc(Cl)cc3)nc2s1. The van der Waals surface area contributed by atoms with E-state index in [-0.39, 0.29) is 11.5 Å². The topological polar surface area (TPSA) is 76.4 Å². The molecule has 3 aromatic rings. The van der Waals surface area contributed by atoms with Crippen molar-refractivity contribution < 1.29 is 8.42 Å². The van der Waals surface area contributed by atoms with Crippen molar-refractivity contribution in [3.8, 4) is 11.3 Å². The van der Waals surface area contributed by atoms with E-state index in [1.807, 2.05) is 30.5 Å². The van der Waals surface area contributed by atoms with Crippen LogP contribution in [0.15, 0.2) is 30.5 Å². The highest BCUT2D eigenvalue weighted by Gasteiger charge is 2.11. The smallest absolute Gasteiger partial charge is 0.214 e. The number of imidazole rings is 1. The molecule has 0 aliphatic carbocycles. The lowest BCUT2D eigenvalue weighted by Gasteiger charge is -2.01. The normalized spacial score (nSPS) is 11.9. The Bertz CT molecular complexity index is 885. The van der Waals surface area contributed by atoms with Crippen LogP contribution >= 0.6 is 22.9 Å². The lowest BCUT2D eigenvalue weighted by molar-refractivity contribution is 0.597. The zero-order valence-corrected chi connectivity index (χ0v) is 14.7. The van der Waals surface area contributed by atoms with E-state index < -0.39 is 9.84 Å². The van der Waals surface area contributed by atoms with E-state index in [1.165, 1.54) is 11.3 Å². The number of fused-ring (bicyclic) bond motifs is 1. The summed E-state index contributed by atoms with van der Waals surface area (Å²) in [4.78, 5) is 5.27. The average molecular weight is 371 g/mol. The molecular formula is C14H15ClN4O2S2. The first-order valence-electron chi connectivity index (χ1n) is 7.03. The van der Waals surface area contributed by atoms with Crippen molar-refractivity contribution in [2.45, 2.75) is 6.92 Å².